The van der Waals surface area contributed by atoms with Gasteiger partial charge in [0.05, 0.1) is 26.4 Å². The number of hydrogen-bond acceptors (Lipinski definition) is 4. The van der Waals surface area contributed by atoms with Crippen LogP contribution in [0.2, 0.25) is 0 Å². The van der Waals surface area contributed by atoms with Crippen LogP contribution < -0.4 is 15.2 Å². The first-order chi connectivity index (χ1) is 8.31. The SMILES string of the molecule is COc1ccc([C@@H](N)[C@@H](O)C(C)(C)C)c(OC)c1. The Balaban J connectivity index is 3.09. The van der Waals surface area contributed by atoms with Crippen molar-refractivity contribution in [1.82, 2.24) is 0 Å². The molecule has 4 heteroatoms. The van der Waals surface area contributed by atoms with Crippen molar-refractivity contribution in [3.63, 3.8) is 0 Å². The Labute approximate surface area is 109 Å². The number of benzene rings is 1. The quantitative estimate of drug-likeness (QED) is 0.862. The number of ether oxygens (including phenoxy) is 2. The van der Waals surface area contributed by atoms with Crippen molar-refractivity contribution < 1.29 is 14.6 Å². The van der Waals surface area contributed by atoms with Crippen molar-refractivity contribution >= 4 is 0 Å². The lowest BCUT2D eigenvalue weighted by molar-refractivity contribution is 0.0394. The van der Waals surface area contributed by atoms with Gasteiger partial charge in [0.2, 0.25) is 0 Å². The van der Waals surface area contributed by atoms with Crippen LogP contribution in [0.25, 0.3) is 0 Å². The van der Waals surface area contributed by atoms with Gasteiger partial charge in [0.25, 0.3) is 0 Å². The van der Waals surface area contributed by atoms with Crippen LogP contribution in [0.5, 0.6) is 11.5 Å². The zero-order valence-corrected chi connectivity index (χ0v) is 11.7. The van der Waals surface area contributed by atoms with E-state index in [0.29, 0.717) is 11.5 Å². The molecule has 0 bridgehead atoms. The molecular formula is C14H23NO3. The maximum Gasteiger partial charge on any atom is 0.127 e. The van der Waals surface area contributed by atoms with E-state index in [-0.39, 0.29) is 5.41 Å². The zero-order valence-electron chi connectivity index (χ0n) is 11.7. The van der Waals surface area contributed by atoms with E-state index in [9.17, 15) is 5.11 Å². The van der Waals surface area contributed by atoms with Gasteiger partial charge in [-0.25, -0.2) is 0 Å². The predicted octanol–water partition coefficient (Wildman–Crippen LogP) is 2.11. The highest BCUT2D eigenvalue weighted by molar-refractivity contribution is 5.42. The summed E-state index contributed by atoms with van der Waals surface area (Å²) in [7, 11) is 3.17. The van der Waals surface area contributed by atoms with Crippen LogP contribution in [0.4, 0.5) is 0 Å². The summed E-state index contributed by atoms with van der Waals surface area (Å²) in [5.41, 5.74) is 6.61. The molecule has 0 unspecified atom stereocenters. The molecule has 0 saturated carbocycles. The minimum atomic E-state index is -0.653. The van der Waals surface area contributed by atoms with Gasteiger partial charge in [-0.3, -0.25) is 0 Å². The third-order valence-corrected chi connectivity index (χ3v) is 3.03. The van der Waals surface area contributed by atoms with E-state index in [1.807, 2.05) is 32.9 Å². The molecule has 1 aromatic carbocycles. The summed E-state index contributed by atoms with van der Waals surface area (Å²) in [6, 6.07) is 4.92. The summed E-state index contributed by atoms with van der Waals surface area (Å²) in [5, 5.41) is 10.2. The number of aliphatic hydroxyl groups is 1. The lowest BCUT2D eigenvalue weighted by atomic mass is 9.82. The zero-order chi connectivity index (χ0) is 13.9. The molecule has 0 aromatic heterocycles. The number of aliphatic hydroxyl groups excluding tert-OH is 1. The molecule has 0 saturated heterocycles. The lowest BCUT2D eigenvalue weighted by Gasteiger charge is -2.31. The van der Waals surface area contributed by atoms with Crippen LogP contribution in [-0.2, 0) is 0 Å². The summed E-state index contributed by atoms with van der Waals surface area (Å²) >= 11 is 0. The van der Waals surface area contributed by atoms with E-state index in [1.54, 1.807) is 20.3 Å². The number of nitrogens with two attached hydrogens (primary N) is 1. The van der Waals surface area contributed by atoms with Crippen molar-refractivity contribution in [2.24, 2.45) is 11.1 Å². The van der Waals surface area contributed by atoms with Crippen molar-refractivity contribution in [2.45, 2.75) is 32.9 Å². The van der Waals surface area contributed by atoms with E-state index >= 15 is 0 Å². The second kappa shape index (κ2) is 5.59. The molecule has 0 aliphatic heterocycles. The Morgan fingerprint density at radius 2 is 1.78 bits per heavy atom. The van der Waals surface area contributed by atoms with Crippen molar-refractivity contribution in [2.75, 3.05) is 14.2 Å². The van der Waals surface area contributed by atoms with Gasteiger partial charge in [0, 0.05) is 11.6 Å². The molecule has 0 heterocycles. The molecule has 1 aromatic rings. The second-order valence-corrected chi connectivity index (χ2v) is 5.44. The maximum atomic E-state index is 10.2. The fourth-order valence-corrected chi connectivity index (χ4v) is 1.80. The first-order valence-electron chi connectivity index (χ1n) is 5.96. The minimum Gasteiger partial charge on any atom is -0.497 e. The lowest BCUT2D eigenvalue weighted by Crippen LogP contribution is -2.37. The van der Waals surface area contributed by atoms with E-state index < -0.39 is 12.1 Å². The second-order valence-electron chi connectivity index (χ2n) is 5.44. The van der Waals surface area contributed by atoms with Crippen molar-refractivity contribution in [1.29, 1.82) is 0 Å². The van der Waals surface area contributed by atoms with Gasteiger partial charge >= 0.3 is 0 Å². The van der Waals surface area contributed by atoms with Gasteiger partial charge in [-0.15, -0.1) is 0 Å². The summed E-state index contributed by atoms with van der Waals surface area (Å²) in [6.45, 7) is 5.86. The predicted molar refractivity (Wildman–Crippen MR) is 71.9 cm³/mol. The van der Waals surface area contributed by atoms with Gasteiger partial charge in [-0.05, 0) is 17.5 Å². The molecular weight excluding hydrogens is 230 g/mol. The highest BCUT2D eigenvalue weighted by atomic mass is 16.5. The Morgan fingerprint density at radius 1 is 1.17 bits per heavy atom. The van der Waals surface area contributed by atoms with Gasteiger partial charge < -0.3 is 20.3 Å². The van der Waals surface area contributed by atoms with Gasteiger partial charge in [0.1, 0.15) is 11.5 Å². The van der Waals surface area contributed by atoms with E-state index in [2.05, 4.69) is 0 Å². The fourth-order valence-electron chi connectivity index (χ4n) is 1.80. The molecule has 4 nitrogen and oxygen atoms in total. The molecule has 102 valence electrons. The Kier molecular flexibility index (Phi) is 4.59. The Hall–Kier alpha value is -1.26. The van der Waals surface area contributed by atoms with Crippen LogP contribution in [-0.4, -0.2) is 25.4 Å². The molecule has 0 amide bonds. The molecule has 0 radical (unpaired) electrons. The molecule has 3 N–H and O–H groups in total. The van der Waals surface area contributed by atoms with E-state index in [4.69, 9.17) is 15.2 Å². The van der Waals surface area contributed by atoms with Crippen LogP contribution in [0, 0.1) is 5.41 Å². The highest BCUT2D eigenvalue weighted by Crippen LogP contribution is 2.34. The molecule has 0 fully saturated rings. The molecule has 0 spiro atoms. The number of hydrogen-bond donors (Lipinski definition) is 2. The smallest absolute Gasteiger partial charge is 0.127 e. The molecule has 0 aliphatic carbocycles. The molecule has 1 rings (SSSR count). The summed E-state index contributed by atoms with van der Waals surface area (Å²) in [6.07, 6.45) is -0.653. The van der Waals surface area contributed by atoms with E-state index in [1.165, 1.54) is 0 Å². The van der Waals surface area contributed by atoms with Crippen LogP contribution in [0.15, 0.2) is 18.2 Å². The standard InChI is InChI=1S/C14H23NO3/c1-14(2,3)13(16)12(15)10-7-6-9(17-4)8-11(10)18-5/h6-8,12-13,16H,15H2,1-5H3/t12-,13-/m1/s1. The van der Waals surface area contributed by atoms with Crippen LogP contribution >= 0.6 is 0 Å². The summed E-state index contributed by atoms with van der Waals surface area (Å²) in [4.78, 5) is 0. The molecule has 2 atom stereocenters. The fraction of sp³-hybridized carbons (Fsp3) is 0.571. The van der Waals surface area contributed by atoms with Crippen molar-refractivity contribution in [3.05, 3.63) is 23.8 Å². The van der Waals surface area contributed by atoms with Crippen LogP contribution in [0.1, 0.15) is 32.4 Å². The first-order valence-corrected chi connectivity index (χ1v) is 5.96. The highest BCUT2D eigenvalue weighted by Gasteiger charge is 2.30. The van der Waals surface area contributed by atoms with E-state index in [0.717, 1.165) is 5.56 Å². The van der Waals surface area contributed by atoms with Crippen LogP contribution in [0.3, 0.4) is 0 Å². The van der Waals surface area contributed by atoms with Gasteiger partial charge in [-0.2, -0.15) is 0 Å². The first kappa shape index (κ1) is 14.8. The third-order valence-electron chi connectivity index (χ3n) is 3.03. The Morgan fingerprint density at radius 3 is 2.22 bits per heavy atom. The topological polar surface area (TPSA) is 64.7 Å². The summed E-state index contributed by atoms with van der Waals surface area (Å²) < 4.78 is 10.4. The average Bonchev–Trinajstić information content (AvgIpc) is 2.35. The minimum absolute atomic E-state index is 0.287. The summed E-state index contributed by atoms with van der Waals surface area (Å²) in [5.74, 6) is 1.33. The molecule has 18 heavy (non-hydrogen) atoms. The Bertz CT molecular complexity index is 399. The maximum absolute atomic E-state index is 10.2. The largest absolute Gasteiger partial charge is 0.497 e. The van der Waals surface area contributed by atoms with Crippen molar-refractivity contribution in [3.8, 4) is 11.5 Å². The normalized spacial score (nSPS) is 15.1. The monoisotopic (exact) mass is 253 g/mol. The molecule has 0 aliphatic rings. The number of rotatable bonds is 4. The van der Waals surface area contributed by atoms with Gasteiger partial charge in [0.15, 0.2) is 0 Å². The van der Waals surface area contributed by atoms with Gasteiger partial charge in [-0.1, -0.05) is 20.8 Å². The average molecular weight is 253 g/mol. The number of methoxy groups -OCH3 is 2. The third kappa shape index (κ3) is 3.15.